The number of H-pyrrole nitrogens is 1. The highest BCUT2D eigenvalue weighted by Crippen LogP contribution is 2.35. The number of carbonyl (C=O) groups excluding carboxylic acids is 1. The quantitative estimate of drug-likeness (QED) is 0.419. The first-order chi connectivity index (χ1) is 17.1. The highest BCUT2D eigenvalue weighted by Gasteiger charge is 2.37. The Labute approximate surface area is 204 Å². The summed E-state index contributed by atoms with van der Waals surface area (Å²) in [6.07, 6.45) is 1.33. The van der Waals surface area contributed by atoms with E-state index in [2.05, 4.69) is 40.6 Å². The summed E-state index contributed by atoms with van der Waals surface area (Å²) in [6.45, 7) is 3.16. The van der Waals surface area contributed by atoms with Gasteiger partial charge in [0.2, 0.25) is 5.91 Å². The van der Waals surface area contributed by atoms with Crippen LogP contribution < -0.4 is 5.32 Å². The fourth-order valence-electron chi connectivity index (χ4n) is 5.39. The minimum absolute atomic E-state index is 0.0820. The van der Waals surface area contributed by atoms with Gasteiger partial charge in [-0.1, -0.05) is 60.7 Å². The molecule has 6 rings (SSSR count). The number of phenols is 1. The first-order valence-electron chi connectivity index (χ1n) is 12.1. The lowest BCUT2D eigenvalue weighted by Gasteiger charge is -2.39. The van der Waals surface area contributed by atoms with Crippen LogP contribution in [-0.2, 0) is 30.7 Å². The Morgan fingerprint density at radius 2 is 1.69 bits per heavy atom. The van der Waals surface area contributed by atoms with E-state index in [1.165, 1.54) is 11.1 Å². The summed E-state index contributed by atoms with van der Waals surface area (Å²) in [5.41, 5.74) is 7.59. The van der Waals surface area contributed by atoms with Gasteiger partial charge in [-0.2, -0.15) is 0 Å². The molecule has 0 fully saturated rings. The summed E-state index contributed by atoms with van der Waals surface area (Å²) in [7, 11) is 0. The molecule has 176 valence electrons. The van der Waals surface area contributed by atoms with Crippen LogP contribution in [-0.4, -0.2) is 31.9 Å². The number of aromatic hydroxyl groups is 1. The van der Waals surface area contributed by atoms with Gasteiger partial charge in [0.1, 0.15) is 11.6 Å². The SMILES string of the molecule is Cc1[nH]c([C@@H]2Cc3ccccc3CN2C(=O)[C@@H]2Cc3ccc(O)cc3CN2)nc1-c1ccccc1. The largest absolute Gasteiger partial charge is 0.508 e. The molecular weight excluding hydrogens is 436 g/mol. The molecule has 6 nitrogen and oxygen atoms in total. The van der Waals surface area contributed by atoms with Crippen LogP contribution in [0.25, 0.3) is 11.3 Å². The number of nitrogens with zero attached hydrogens (tertiary/aromatic N) is 2. The molecule has 0 aliphatic carbocycles. The minimum Gasteiger partial charge on any atom is -0.508 e. The van der Waals surface area contributed by atoms with E-state index in [1.54, 1.807) is 12.1 Å². The van der Waals surface area contributed by atoms with Gasteiger partial charge < -0.3 is 20.3 Å². The van der Waals surface area contributed by atoms with E-state index in [0.717, 1.165) is 40.3 Å². The standard InChI is InChI=1S/C29H28N4O2/c1-18-27(19-7-3-2-4-8-19)32-28(31-18)26-15-20-9-5-6-10-22(20)17-33(26)29(35)25-14-21-11-12-24(34)13-23(21)16-30-25/h2-13,25-26,30,34H,14-17H2,1H3,(H,31,32)/t25-,26-/m0/s1. The second kappa shape index (κ2) is 8.71. The lowest BCUT2D eigenvalue weighted by atomic mass is 9.90. The van der Waals surface area contributed by atoms with Crippen LogP contribution in [0.5, 0.6) is 5.75 Å². The second-order valence-electron chi connectivity index (χ2n) is 9.51. The number of imidazole rings is 1. The molecule has 2 aliphatic rings. The summed E-state index contributed by atoms with van der Waals surface area (Å²) in [5.74, 6) is 1.16. The van der Waals surface area contributed by atoms with Crippen molar-refractivity contribution in [2.75, 3.05) is 0 Å². The number of hydrogen-bond acceptors (Lipinski definition) is 4. The molecule has 0 bridgehead atoms. The van der Waals surface area contributed by atoms with E-state index in [4.69, 9.17) is 4.98 Å². The number of phenolic OH excluding ortho intramolecular Hbond substituents is 1. The van der Waals surface area contributed by atoms with E-state index >= 15 is 0 Å². The number of benzene rings is 3. The maximum atomic E-state index is 14.0. The van der Waals surface area contributed by atoms with E-state index < -0.39 is 0 Å². The highest BCUT2D eigenvalue weighted by atomic mass is 16.3. The lowest BCUT2D eigenvalue weighted by Crippen LogP contribution is -2.51. The van der Waals surface area contributed by atoms with Gasteiger partial charge >= 0.3 is 0 Å². The molecule has 1 aromatic heterocycles. The number of fused-ring (bicyclic) bond motifs is 2. The van der Waals surface area contributed by atoms with Crippen molar-refractivity contribution in [2.24, 2.45) is 0 Å². The maximum Gasteiger partial charge on any atom is 0.240 e. The van der Waals surface area contributed by atoms with Crippen LogP contribution in [0.4, 0.5) is 0 Å². The third-order valence-electron chi connectivity index (χ3n) is 7.25. The number of amides is 1. The Morgan fingerprint density at radius 3 is 2.51 bits per heavy atom. The van der Waals surface area contributed by atoms with E-state index in [1.807, 2.05) is 42.2 Å². The molecule has 2 aliphatic heterocycles. The predicted octanol–water partition coefficient (Wildman–Crippen LogP) is 4.43. The van der Waals surface area contributed by atoms with Crippen LogP contribution >= 0.6 is 0 Å². The number of hydrogen-bond donors (Lipinski definition) is 3. The third kappa shape index (κ3) is 4.00. The van der Waals surface area contributed by atoms with Crippen molar-refractivity contribution in [2.45, 2.75) is 44.9 Å². The normalized spacial score (nSPS) is 19.2. The van der Waals surface area contributed by atoms with Crippen LogP contribution in [0.2, 0.25) is 0 Å². The molecule has 6 heteroatoms. The van der Waals surface area contributed by atoms with E-state index in [-0.39, 0.29) is 23.7 Å². The van der Waals surface area contributed by atoms with Crippen molar-refractivity contribution in [3.63, 3.8) is 0 Å². The van der Waals surface area contributed by atoms with Gasteiger partial charge in [-0.25, -0.2) is 4.98 Å². The van der Waals surface area contributed by atoms with Gasteiger partial charge in [0.25, 0.3) is 0 Å². The topological polar surface area (TPSA) is 81.2 Å². The minimum atomic E-state index is -0.315. The van der Waals surface area contributed by atoms with Crippen molar-refractivity contribution in [1.29, 1.82) is 0 Å². The Balaban J connectivity index is 1.34. The summed E-state index contributed by atoms with van der Waals surface area (Å²) < 4.78 is 0. The summed E-state index contributed by atoms with van der Waals surface area (Å²) in [6, 6.07) is 23.4. The first-order valence-corrected chi connectivity index (χ1v) is 12.1. The van der Waals surface area contributed by atoms with Crippen molar-refractivity contribution in [3.05, 3.63) is 107 Å². The Kier molecular flexibility index (Phi) is 5.38. The monoisotopic (exact) mass is 464 g/mol. The number of rotatable bonds is 3. The molecule has 3 heterocycles. The zero-order valence-electron chi connectivity index (χ0n) is 19.7. The smallest absolute Gasteiger partial charge is 0.240 e. The molecule has 2 atom stereocenters. The molecule has 0 radical (unpaired) electrons. The van der Waals surface area contributed by atoms with Gasteiger partial charge in [0.15, 0.2) is 0 Å². The number of aryl methyl sites for hydroxylation is 1. The first kappa shape index (κ1) is 21.6. The number of aromatic nitrogens is 2. The predicted molar refractivity (Wildman–Crippen MR) is 135 cm³/mol. The number of carbonyl (C=O) groups is 1. The Morgan fingerprint density at radius 1 is 0.943 bits per heavy atom. The molecule has 0 saturated heterocycles. The van der Waals surface area contributed by atoms with Crippen molar-refractivity contribution in [3.8, 4) is 17.0 Å². The van der Waals surface area contributed by atoms with Crippen molar-refractivity contribution in [1.82, 2.24) is 20.2 Å². The van der Waals surface area contributed by atoms with Gasteiger partial charge in [-0.05, 0) is 47.7 Å². The van der Waals surface area contributed by atoms with Crippen LogP contribution in [0.15, 0.2) is 72.8 Å². The van der Waals surface area contributed by atoms with E-state index in [0.29, 0.717) is 19.5 Å². The molecule has 0 unspecified atom stereocenters. The molecule has 4 aromatic rings. The molecule has 0 saturated carbocycles. The fraction of sp³-hybridized carbons (Fsp3) is 0.241. The van der Waals surface area contributed by atoms with Gasteiger partial charge in [0, 0.05) is 30.8 Å². The fourth-order valence-corrected chi connectivity index (χ4v) is 5.39. The summed E-state index contributed by atoms with van der Waals surface area (Å²) in [4.78, 5) is 24.4. The van der Waals surface area contributed by atoms with Gasteiger partial charge in [-0.15, -0.1) is 0 Å². The molecule has 0 spiro atoms. The van der Waals surface area contributed by atoms with Gasteiger partial charge in [-0.3, -0.25) is 4.79 Å². The average Bonchev–Trinajstić information content (AvgIpc) is 3.29. The number of nitrogens with one attached hydrogen (secondary N) is 2. The summed E-state index contributed by atoms with van der Waals surface area (Å²) in [5, 5.41) is 13.2. The summed E-state index contributed by atoms with van der Waals surface area (Å²) >= 11 is 0. The Bertz CT molecular complexity index is 1400. The molecule has 3 N–H and O–H groups in total. The number of aromatic amines is 1. The zero-order valence-corrected chi connectivity index (χ0v) is 19.7. The lowest BCUT2D eigenvalue weighted by molar-refractivity contribution is -0.137. The van der Waals surface area contributed by atoms with Gasteiger partial charge in [0.05, 0.1) is 17.8 Å². The molecular formula is C29H28N4O2. The van der Waals surface area contributed by atoms with Crippen LogP contribution in [0, 0.1) is 6.92 Å². The van der Waals surface area contributed by atoms with Crippen molar-refractivity contribution < 1.29 is 9.90 Å². The van der Waals surface area contributed by atoms with Crippen LogP contribution in [0.3, 0.4) is 0 Å². The molecule has 3 aromatic carbocycles. The second-order valence-corrected chi connectivity index (χ2v) is 9.51. The Hall–Kier alpha value is -3.90. The van der Waals surface area contributed by atoms with Crippen LogP contribution in [0.1, 0.15) is 39.8 Å². The molecule has 35 heavy (non-hydrogen) atoms. The highest BCUT2D eigenvalue weighted by molar-refractivity contribution is 5.83. The molecule has 1 amide bonds. The maximum absolute atomic E-state index is 14.0. The van der Waals surface area contributed by atoms with Crippen molar-refractivity contribution >= 4 is 5.91 Å². The van der Waals surface area contributed by atoms with E-state index in [9.17, 15) is 9.90 Å². The zero-order chi connectivity index (χ0) is 23.9. The average molecular weight is 465 g/mol. The third-order valence-corrected chi connectivity index (χ3v) is 7.25.